The molecule has 0 aliphatic carbocycles. The molecule has 21 heavy (non-hydrogen) atoms. The van der Waals surface area contributed by atoms with Gasteiger partial charge in [0.25, 0.3) is 0 Å². The second-order valence-corrected chi connectivity index (χ2v) is 4.51. The number of aromatic nitrogens is 3. The first-order chi connectivity index (χ1) is 10.2. The van der Waals surface area contributed by atoms with Crippen LogP contribution in [0.2, 0.25) is 0 Å². The Morgan fingerprint density at radius 3 is 2.81 bits per heavy atom. The van der Waals surface area contributed by atoms with E-state index >= 15 is 0 Å². The summed E-state index contributed by atoms with van der Waals surface area (Å²) in [5, 5.41) is 8.98. The van der Waals surface area contributed by atoms with Gasteiger partial charge in [0.1, 0.15) is 0 Å². The number of nitriles is 1. The Morgan fingerprint density at radius 1 is 1.43 bits per heavy atom. The second-order valence-electron chi connectivity index (χ2n) is 4.51. The number of hydrogen-bond donors (Lipinski definition) is 2. The van der Waals surface area contributed by atoms with E-state index in [1.807, 2.05) is 23.6 Å². The molecule has 2 heterocycles. The second kappa shape index (κ2) is 7.01. The molecule has 1 unspecified atom stereocenters. The van der Waals surface area contributed by atoms with Crippen molar-refractivity contribution >= 4 is 17.8 Å². The predicted molar refractivity (Wildman–Crippen MR) is 78.8 cm³/mol. The topological polar surface area (TPSA) is 116 Å². The smallest absolute Gasteiger partial charge is 0.243 e. The van der Waals surface area contributed by atoms with Gasteiger partial charge in [-0.25, -0.2) is 5.84 Å². The van der Waals surface area contributed by atoms with Crippen molar-refractivity contribution in [3.63, 3.8) is 0 Å². The lowest BCUT2D eigenvalue weighted by molar-refractivity contribution is 0.0758. The summed E-state index contributed by atoms with van der Waals surface area (Å²) in [5.41, 5.74) is 2.46. The molecular formula is C12H20N8O. The van der Waals surface area contributed by atoms with Gasteiger partial charge in [-0.05, 0) is 13.8 Å². The number of hydrogen-bond acceptors (Lipinski definition) is 9. The van der Waals surface area contributed by atoms with Gasteiger partial charge in [0.15, 0.2) is 6.10 Å². The van der Waals surface area contributed by atoms with Crippen LogP contribution in [0.1, 0.15) is 13.8 Å². The number of nitrogen functional groups attached to an aromatic ring is 1. The zero-order chi connectivity index (χ0) is 15.2. The quantitative estimate of drug-likeness (QED) is 0.558. The Hall–Kier alpha value is -2.18. The number of anilines is 3. The third kappa shape index (κ3) is 3.48. The van der Waals surface area contributed by atoms with Gasteiger partial charge in [-0.1, -0.05) is 0 Å². The molecule has 0 spiro atoms. The molecule has 2 rings (SSSR count). The molecule has 0 radical (unpaired) electrons. The van der Waals surface area contributed by atoms with Gasteiger partial charge in [0.2, 0.25) is 17.8 Å². The summed E-state index contributed by atoms with van der Waals surface area (Å²) < 4.78 is 5.33. The van der Waals surface area contributed by atoms with Crippen LogP contribution in [0.15, 0.2) is 0 Å². The predicted octanol–water partition coefficient (Wildman–Crippen LogP) is -0.268. The number of hydrazine groups is 1. The number of nitrogens with two attached hydrogens (primary N) is 1. The molecule has 3 N–H and O–H groups in total. The monoisotopic (exact) mass is 292 g/mol. The molecule has 1 saturated heterocycles. The minimum absolute atomic E-state index is 0.307. The van der Waals surface area contributed by atoms with Crippen molar-refractivity contribution in [2.45, 2.75) is 20.0 Å². The Kier molecular flexibility index (Phi) is 5.08. The standard InChI is InChI=1S/C12H20N8O/c1-3-19(4-2)11-15-10(18-14)16-12(17-11)20-5-6-21-9(7-13)8-20/h9H,3-6,8,14H2,1-2H3,(H,15,16,17,18). The van der Waals surface area contributed by atoms with Crippen molar-refractivity contribution in [2.75, 3.05) is 48.0 Å². The third-order valence-electron chi connectivity index (χ3n) is 3.28. The summed E-state index contributed by atoms with van der Waals surface area (Å²) in [4.78, 5) is 16.9. The first-order valence-electron chi connectivity index (χ1n) is 6.95. The van der Waals surface area contributed by atoms with Crippen molar-refractivity contribution in [1.29, 1.82) is 5.26 Å². The molecule has 0 amide bonds. The van der Waals surface area contributed by atoms with Crippen LogP contribution in [-0.4, -0.2) is 53.8 Å². The fourth-order valence-electron chi connectivity index (χ4n) is 2.12. The Labute approximate surface area is 123 Å². The zero-order valence-electron chi connectivity index (χ0n) is 12.3. The fraction of sp³-hybridized carbons (Fsp3) is 0.667. The van der Waals surface area contributed by atoms with Crippen LogP contribution in [0.4, 0.5) is 17.8 Å². The van der Waals surface area contributed by atoms with E-state index in [1.165, 1.54) is 0 Å². The van der Waals surface area contributed by atoms with Crippen LogP contribution in [0, 0.1) is 11.3 Å². The molecule has 1 aromatic heterocycles. The first-order valence-corrected chi connectivity index (χ1v) is 6.95. The highest BCUT2D eigenvalue weighted by Crippen LogP contribution is 2.18. The van der Waals surface area contributed by atoms with Crippen LogP contribution in [0.3, 0.4) is 0 Å². The van der Waals surface area contributed by atoms with E-state index in [4.69, 9.17) is 15.8 Å². The summed E-state index contributed by atoms with van der Waals surface area (Å²) in [6, 6.07) is 2.11. The van der Waals surface area contributed by atoms with Crippen molar-refractivity contribution < 1.29 is 4.74 Å². The normalized spacial score (nSPS) is 18.2. The minimum atomic E-state index is -0.471. The van der Waals surface area contributed by atoms with Gasteiger partial charge in [0, 0.05) is 19.6 Å². The lowest BCUT2D eigenvalue weighted by Gasteiger charge is -2.30. The minimum Gasteiger partial charge on any atom is -0.360 e. The number of nitrogens with one attached hydrogen (secondary N) is 1. The average molecular weight is 292 g/mol. The number of ether oxygens (including phenoxy) is 1. The van der Waals surface area contributed by atoms with Crippen LogP contribution >= 0.6 is 0 Å². The molecule has 1 aromatic rings. The molecule has 0 aromatic carbocycles. The van der Waals surface area contributed by atoms with Crippen LogP contribution in [0.5, 0.6) is 0 Å². The summed E-state index contributed by atoms with van der Waals surface area (Å²) >= 11 is 0. The van der Waals surface area contributed by atoms with E-state index in [9.17, 15) is 0 Å². The molecule has 1 aliphatic rings. The van der Waals surface area contributed by atoms with Gasteiger partial charge in [-0.15, -0.1) is 0 Å². The van der Waals surface area contributed by atoms with Crippen molar-refractivity contribution in [3.8, 4) is 6.07 Å². The number of nitrogens with zero attached hydrogens (tertiary/aromatic N) is 6. The average Bonchev–Trinajstić information content (AvgIpc) is 2.55. The zero-order valence-corrected chi connectivity index (χ0v) is 12.3. The molecule has 9 heteroatoms. The van der Waals surface area contributed by atoms with Crippen molar-refractivity contribution in [2.24, 2.45) is 5.84 Å². The van der Waals surface area contributed by atoms with E-state index in [0.29, 0.717) is 37.5 Å². The van der Waals surface area contributed by atoms with E-state index in [2.05, 4.69) is 26.4 Å². The van der Waals surface area contributed by atoms with E-state index in [-0.39, 0.29) is 0 Å². The Balaban J connectivity index is 2.30. The van der Waals surface area contributed by atoms with Gasteiger partial charge >= 0.3 is 0 Å². The van der Waals surface area contributed by atoms with Gasteiger partial charge in [0.05, 0.1) is 19.2 Å². The molecular weight excluding hydrogens is 272 g/mol. The first kappa shape index (κ1) is 15.2. The maximum Gasteiger partial charge on any atom is 0.243 e. The maximum absolute atomic E-state index is 8.98. The third-order valence-corrected chi connectivity index (χ3v) is 3.28. The Morgan fingerprint density at radius 2 is 2.19 bits per heavy atom. The molecule has 1 aliphatic heterocycles. The lowest BCUT2D eigenvalue weighted by Crippen LogP contribution is -2.43. The van der Waals surface area contributed by atoms with E-state index in [1.54, 1.807) is 0 Å². The van der Waals surface area contributed by atoms with Gasteiger partial charge in [-0.3, -0.25) is 5.43 Å². The number of rotatable bonds is 5. The van der Waals surface area contributed by atoms with E-state index < -0.39 is 6.10 Å². The van der Waals surface area contributed by atoms with E-state index in [0.717, 1.165) is 13.1 Å². The molecule has 0 saturated carbocycles. The van der Waals surface area contributed by atoms with Crippen LogP contribution < -0.4 is 21.1 Å². The van der Waals surface area contributed by atoms with Gasteiger partial charge < -0.3 is 14.5 Å². The molecule has 1 fully saturated rings. The maximum atomic E-state index is 8.98. The summed E-state index contributed by atoms with van der Waals surface area (Å²) in [6.07, 6.45) is -0.471. The highest BCUT2D eigenvalue weighted by Gasteiger charge is 2.23. The molecule has 1 atom stereocenters. The highest BCUT2D eigenvalue weighted by molar-refractivity contribution is 5.45. The summed E-state index contributed by atoms with van der Waals surface area (Å²) in [7, 11) is 0. The van der Waals surface area contributed by atoms with Crippen molar-refractivity contribution in [1.82, 2.24) is 15.0 Å². The van der Waals surface area contributed by atoms with Crippen LogP contribution in [0.25, 0.3) is 0 Å². The molecule has 9 nitrogen and oxygen atoms in total. The highest BCUT2D eigenvalue weighted by atomic mass is 16.5. The fourth-order valence-corrected chi connectivity index (χ4v) is 2.12. The van der Waals surface area contributed by atoms with Crippen LogP contribution in [-0.2, 0) is 4.74 Å². The summed E-state index contributed by atoms with van der Waals surface area (Å²) in [6.45, 7) is 7.16. The SMILES string of the molecule is CCN(CC)c1nc(NN)nc(N2CCOC(C#N)C2)n1. The largest absolute Gasteiger partial charge is 0.360 e. The van der Waals surface area contributed by atoms with Gasteiger partial charge in [-0.2, -0.15) is 20.2 Å². The van der Waals surface area contributed by atoms with Crippen molar-refractivity contribution in [3.05, 3.63) is 0 Å². The molecule has 114 valence electrons. The Bertz CT molecular complexity index is 512. The summed E-state index contributed by atoms with van der Waals surface area (Å²) in [5.74, 6) is 6.81. The number of morpholine rings is 1. The lowest BCUT2D eigenvalue weighted by atomic mass is 10.3. The molecule has 0 bridgehead atoms.